The average molecular weight is 365 g/mol. The van der Waals surface area contributed by atoms with E-state index in [-0.39, 0.29) is 30.0 Å². The molecule has 1 aromatic carbocycles. The van der Waals surface area contributed by atoms with Crippen molar-refractivity contribution in [3.63, 3.8) is 0 Å². The van der Waals surface area contributed by atoms with Crippen LogP contribution in [0.25, 0.3) is 11.4 Å². The quantitative estimate of drug-likeness (QED) is 0.763. The molecule has 2 aromatic rings. The van der Waals surface area contributed by atoms with Crippen molar-refractivity contribution in [1.29, 1.82) is 0 Å². The van der Waals surface area contributed by atoms with Crippen LogP contribution >= 0.6 is 12.4 Å². The van der Waals surface area contributed by atoms with Crippen molar-refractivity contribution in [2.24, 2.45) is 5.73 Å². The van der Waals surface area contributed by atoms with Gasteiger partial charge in [0, 0.05) is 29.6 Å². The fourth-order valence-electron chi connectivity index (χ4n) is 2.72. The van der Waals surface area contributed by atoms with Crippen molar-refractivity contribution in [1.82, 2.24) is 9.97 Å². The average Bonchev–Trinajstić information content (AvgIpc) is 3.04. The van der Waals surface area contributed by atoms with Crippen LogP contribution in [0, 0.1) is 6.92 Å². The summed E-state index contributed by atoms with van der Waals surface area (Å²) in [4.78, 5) is 30.7. The maximum atomic E-state index is 12.2. The van der Waals surface area contributed by atoms with E-state index in [0.29, 0.717) is 30.2 Å². The molecular weight excluding hydrogens is 344 g/mol. The van der Waals surface area contributed by atoms with Crippen LogP contribution in [-0.4, -0.2) is 34.6 Å². The summed E-state index contributed by atoms with van der Waals surface area (Å²) in [5.41, 5.74) is 7.45. The van der Waals surface area contributed by atoms with Gasteiger partial charge < -0.3 is 20.8 Å². The first kappa shape index (κ1) is 19.1. The minimum absolute atomic E-state index is 0. The molecule has 8 heteroatoms. The molecule has 1 amide bonds. The second-order valence-corrected chi connectivity index (χ2v) is 5.86. The zero-order valence-corrected chi connectivity index (χ0v) is 14.6. The number of nitrogens with zero attached hydrogens (tertiary/aromatic N) is 1. The number of amides is 1. The molecule has 1 aliphatic heterocycles. The number of aryl methyl sites for hydroxylation is 1. The van der Waals surface area contributed by atoms with Crippen LogP contribution in [0.5, 0.6) is 0 Å². The normalized spacial score (nSPS) is 19.3. The van der Waals surface area contributed by atoms with Gasteiger partial charge >= 0.3 is 0 Å². The number of anilines is 1. The van der Waals surface area contributed by atoms with Crippen molar-refractivity contribution in [2.45, 2.75) is 32.0 Å². The van der Waals surface area contributed by atoms with Gasteiger partial charge in [0.1, 0.15) is 11.9 Å². The summed E-state index contributed by atoms with van der Waals surface area (Å²) in [6, 6.07) is 8.57. The summed E-state index contributed by atoms with van der Waals surface area (Å²) in [5.74, 6) is 0.337. The fraction of sp³-hybridized carbons (Fsp3) is 0.353. The number of carbonyl (C=O) groups is 1. The van der Waals surface area contributed by atoms with Crippen LogP contribution in [0.4, 0.5) is 5.69 Å². The molecule has 25 heavy (non-hydrogen) atoms. The summed E-state index contributed by atoms with van der Waals surface area (Å²) in [6.45, 7) is 2.20. The Labute approximate surface area is 151 Å². The number of halogens is 1. The van der Waals surface area contributed by atoms with Crippen LogP contribution in [0.15, 0.2) is 35.1 Å². The molecule has 134 valence electrons. The number of hydrogen-bond donors (Lipinski definition) is 3. The van der Waals surface area contributed by atoms with Crippen LogP contribution in [-0.2, 0) is 9.53 Å². The molecule has 1 fully saturated rings. The number of hydrogen-bond acceptors (Lipinski definition) is 5. The largest absolute Gasteiger partial charge is 0.364 e. The monoisotopic (exact) mass is 364 g/mol. The number of nitrogens with one attached hydrogen (secondary N) is 2. The molecule has 7 nitrogen and oxygen atoms in total. The number of nitrogens with two attached hydrogens (primary N) is 1. The van der Waals surface area contributed by atoms with Gasteiger partial charge in [0.05, 0.1) is 6.10 Å². The van der Waals surface area contributed by atoms with Gasteiger partial charge in [-0.1, -0.05) is 0 Å². The van der Waals surface area contributed by atoms with Gasteiger partial charge in [-0.05, 0) is 44.0 Å². The Morgan fingerprint density at radius 2 is 2.08 bits per heavy atom. The van der Waals surface area contributed by atoms with Gasteiger partial charge in [0.2, 0.25) is 0 Å². The molecule has 1 aromatic heterocycles. The van der Waals surface area contributed by atoms with Gasteiger partial charge in [-0.2, -0.15) is 0 Å². The van der Waals surface area contributed by atoms with E-state index in [4.69, 9.17) is 10.5 Å². The van der Waals surface area contributed by atoms with E-state index in [1.165, 1.54) is 6.07 Å². The van der Waals surface area contributed by atoms with Gasteiger partial charge in [0.25, 0.3) is 11.5 Å². The Balaban J connectivity index is 0.00000225. The number of aromatic amines is 1. The Hall–Kier alpha value is -2.22. The molecule has 0 unspecified atom stereocenters. The van der Waals surface area contributed by atoms with E-state index < -0.39 is 6.10 Å². The highest BCUT2D eigenvalue weighted by atomic mass is 35.5. The van der Waals surface area contributed by atoms with Gasteiger partial charge in [-0.25, -0.2) is 4.98 Å². The SMILES string of the molecule is Cc1cc(=O)[nH]c(-c2ccc(NC(=O)[C@@H]3CC[C@H](CN)O3)cc2)n1.Cl. The van der Waals surface area contributed by atoms with Gasteiger partial charge in [-0.15, -0.1) is 12.4 Å². The lowest BCUT2D eigenvalue weighted by Crippen LogP contribution is -2.29. The topological polar surface area (TPSA) is 110 Å². The third-order valence-electron chi connectivity index (χ3n) is 3.96. The maximum Gasteiger partial charge on any atom is 0.253 e. The van der Waals surface area contributed by atoms with E-state index in [9.17, 15) is 9.59 Å². The van der Waals surface area contributed by atoms with Crippen LogP contribution in [0.2, 0.25) is 0 Å². The molecule has 2 atom stereocenters. The third kappa shape index (κ3) is 4.66. The van der Waals surface area contributed by atoms with Crippen LogP contribution in [0.1, 0.15) is 18.5 Å². The number of carbonyl (C=O) groups excluding carboxylic acids is 1. The summed E-state index contributed by atoms with van der Waals surface area (Å²) < 4.78 is 5.58. The molecule has 3 rings (SSSR count). The fourth-order valence-corrected chi connectivity index (χ4v) is 2.72. The first-order valence-electron chi connectivity index (χ1n) is 7.90. The van der Waals surface area contributed by atoms with E-state index >= 15 is 0 Å². The molecule has 0 radical (unpaired) electrons. The second kappa shape index (κ2) is 8.24. The Morgan fingerprint density at radius 3 is 2.68 bits per heavy atom. The third-order valence-corrected chi connectivity index (χ3v) is 3.96. The Morgan fingerprint density at radius 1 is 1.36 bits per heavy atom. The van der Waals surface area contributed by atoms with Crippen molar-refractivity contribution in [3.8, 4) is 11.4 Å². The van der Waals surface area contributed by atoms with Crippen molar-refractivity contribution < 1.29 is 9.53 Å². The van der Waals surface area contributed by atoms with E-state index in [2.05, 4.69) is 15.3 Å². The zero-order valence-electron chi connectivity index (χ0n) is 13.8. The summed E-state index contributed by atoms with van der Waals surface area (Å²) in [6.07, 6.45) is 1.00. The summed E-state index contributed by atoms with van der Waals surface area (Å²) in [7, 11) is 0. The predicted molar refractivity (Wildman–Crippen MR) is 97.9 cm³/mol. The maximum absolute atomic E-state index is 12.2. The molecular formula is C17H21ClN4O3. The molecule has 1 saturated heterocycles. The van der Waals surface area contributed by atoms with Crippen LogP contribution in [0.3, 0.4) is 0 Å². The number of benzene rings is 1. The van der Waals surface area contributed by atoms with Gasteiger partial charge in [-0.3, -0.25) is 9.59 Å². The molecule has 2 heterocycles. The minimum Gasteiger partial charge on any atom is -0.364 e. The number of ether oxygens (including phenoxy) is 1. The molecule has 0 aliphatic carbocycles. The molecule has 4 N–H and O–H groups in total. The van der Waals surface area contributed by atoms with E-state index in [0.717, 1.165) is 12.0 Å². The van der Waals surface area contributed by atoms with E-state index in [1.807, 2.05) is 0 Å². The first-order valence-corrected chi connectivity index (χ1v) is 7.90. The lowest BCUT2D eigenvalue weighted by atomic mass is 10.1. The molecule has 0 spiro atoms. The zero-order chi connectivity index (χ0) is 17.1. The highest BCUT2D eigenvalue weighted by Crippen LogP contribution is 2.22. The van der Waals surface area contributed by atoms with Crippen LogP contribution < -0.4 is 16.6 Å². The first-order chi connectivity index (χ1) is 11.5. The lowest BCUT2D eigenvalue weighted by Gasteiger charge is -2.13. The molecule has 0 bridgehead atoms. The Kier molecular flexibility index (Phi) is 6.30. The predicted octanol–water partition coefficient (Wildman–Crippen LogP) is 1.61. The highest BCUT2D eigenvalue weighted by Gasteiger charge is 2.29. The second-order valence-electron chi connectivity index (χ2n) is 5.86. The number of H-pyrrole nitrogens is 1. The number of rotatable bonds is 4. The summed E-state index contributed by atoms with van der Waals surface area (Å²) in [5, 5.41) is 2.83. The minimum atomic E-state index is -0.451. The Bertz CT molecular complexity index is 791. The smallest absolute Gasteiger partial charge is 0.253 e. The standard InChI is InChI=1S/C17H20N4O3.ClH/c1-10-8-15(22)21-16(19-10)11-2-4-12(5-3-11)20-17(23)14-7-6-13(9-18)24-14;/h2-5,8,13-14H,6-7,9,18H2,1H3,(H,20,23)(H,19,21,22);1H/t13-,14+;/m1./s1. The lowest BCUT2D eigenvalue weighted by molar-refractivity contribution is -0.126. The van der Waals surface area contributed by atoms with Crippen molar-refractivity contribution in [3.05, 3.63) is 46.4 Å². The molecule has 0 saturated carbocycles. The highest BCUT2D eigenvalue weighted by molar-refractivity contribution is 5.94. The molecule has 1 aliphatic rings. The van der Waals surface area contributed by atoms with Gasteiger partial charge in [0.15, 0.2) is 0 Å². The van der Waals surface area contributed by atoms with Crippen molar-refractivity contribution in [2.75, 3.05) is 11.9 Å². The summed E-state index contributed by atoms with van der Waals surface area (Å²) >= 11 is 0. The van der Waals surface area contributed by atoms with E-state index in [1.54, 1.807) is 31.2 Å². The number of aromatic nitrogens is 2. The van der Waals surface area contributed by atoms with Crippen molar-refractivity contribution >= 4 is 24.0 Å².